The molecule has 19 heavy (non-hydrogen) atoms. The highest BCUT2D eigenvalue weighted by Crippen LogP contribution is 2.34. The van der Waals surface area contributed by atoms with Crippen molar-refractivity contribution in [2.45, 2.75) is 13.8 Å². The molecule has 0 unspecified atom stereocenters. The zero-order valence-electron chi connectivity index (χ0n) is 11.5. The van der Waals surface area contributed by atoms with Gasteiger partial charge in [-0.1, -0.05) is 6.07 Å². The number of methoxy groups -OCH3 is 1. The van der Waals surface area contributed by atoms with Crippen molar-refractivity contribution in [1.29, 1.82) is 0 Å². The molecule has 0 aliphatic rings. The minimum atomic E-state index is 0.395. The van der Waals surface area contributed by atoms with E-state index in [2.05, 4.69) is 21.4 Å². The number of hydrogen-bond donors (Lipinski definition) is 1. The van der Waals surface area contributed by atoms with Crippen LogP contribution in [0.5, 0.6) is 17.4 Å². The molecule has 0 atom stereocenters. The fraction of sp³-hybridized carbons (Fsp3) is 0.286. The van der Waals surface area contributed by atoms with Crippen molar-refractivity contribution in [3.8, 4) is 17.4 Å². The van der Waals surface area contributed by atoms with E-state index in [1.54, 1.807) is 14.2 Å². The van der Waals surface area contributed by atoms with Crippen LogP contribution in [0.2, 0.25) is 0 Å². The van der Waals surface area contributed by atoms with Gasteiger partial charge in [-0.25, -0.2) is 4.98 Å². The van der Waals surface area contributed by atoms with Crippen molar-refractivity contribution in [1.82, 2.24) is 9.97 Å². The summed E-state index contributed by atoms with van der Waals surface area (Å²) in [7, 11) is 3.33. The Morgan fingerprint density at radius 2 is 1.74 bits per heavy atom. The second-order valence-electron chi connectivity index (χ2n) is 4.24. The van der Waals surface area contributed by atoms with Gasteiger partial charge in [-0.3, -0.25) is 0 Å². The first kappa shape index (κ1) is 13.1. The number of aryl methyl sites for hydroxylation is 2. The molecule has 0 saturated heterocycles. The lowest BCUT2D eigenvalue weighted by molar-refractivity contribution is 0.369. The molecule has 2 aromatic rings. The van der Waals surface area contributed by atoms with E-state index in [-0.39, 0.29) is 0 Å². The molecule has 0 saturated carbocycles. The summed E-state index contributed by atoms with van der Waals surface area (Å²) in [4.78, 5) is 8.19. The minimum absolute atomic E-state index is 0.395. The summed E-state index contributed by atoms with van der Waals surface area (Å²) in [6, 6.07) is 5.99. The molecular weight excluding hydrogens is 242 g/mol. The zero-order valence-corrected chi connectivity index (χ0v) is 11.5. The van der Waals surface area contributed by atoms with Crippen LogP contribution in [-0.2, 0) is 0 Å². The first-order chi connectivity index (χ1) is 9.13. The van der Waals surface area contributed by atoms with Crippen molar-refractivity contribution < 1.29 is 9.47 Å². The highest BCUT2D eigenvalue weighted by molar-refractivity contribution is 5.55. The number of nitrogens with zero attached hydrogens (tertiary/aromatic N) is 2. The Morgan fingerprint density at radius 1 is 1.05 bits per heavy atom. The van der Waals surface area contributed by atoms with E-state index in [0.717, 1.165) is 16.9 Å². The van der Waals surface area contributed by atoms with Crippen molar-refractivity contribution in [3.05, 3.63) is 35.7 Å². The molecule has 0 aliphatic carbocycles. The summed E-state index contributed by atoms with van der Waals surface area (Å²) < 4.78 is 11.1. The fourth-order valence-corrected chi connectivity index (χ4v) is 1.90. The van der Waals surface area contributed by atoms with Crippen molar-refractivity contribution in [3.63, 3.8) is 0 Å². The molecule has 5 nitrogen and oxygen atoms in total. The average Bonchev–Trinajstić information content (AvgIpc) is 2.37. The first-order valence-corrected chi connectivity index (χ1v) is 5.97. The van der Waals surface area contributed by atoms with E-state index in [1.807, 2.05) is 26.0 Å². The summed E-state index contributed by atoms with van der Waals surface area (Å²) in [6.07, 6.45) is 1.44. The summed E-state index contributed by atoms with van der Waals surface area (Å²) >= 11 is 0. The van der Waals surface area contributed by atoms with Gasteiger partial charge < -0.3 is 14.8 Å². The van der Waals surface area contributed by atoms with Crippen LogP contribution in [0, 0.1) is 13.8 Å². The molecule has 5 heteroatoms. The van der Waals surface area contributed by atoms with Gasteiger partial charge in [0.2, 0.25) is 5.75 Å². The highest BCUT2D eigenvalue weighted by atomic mass is 16.5. The van der Waals surface area contributed by atoms with Crippen LogP contribution in [0.4, 0.5) is 5.82 Å². The third-order valence-electron chi connectivity index (χ3n) is 2.62. The van der Waals surface area contributed by atoms with Crippen molar-refractivity contribution in [2.24, 2.45) is 0 Å². The molecule has 100 valence electrons. The average molecular weight is 259 g/mol. The number of nitrogens with one attached hydrogen (secondary N) is 1. The maximum Gasteiger partial charge on any atom is 0.268 e. The maximum absolute atomic E-state index is 5.79. The zero-order chi connectivity index (χ0) is 13.8. The van der Waals surface area contributed by atoms with Gasteiger partial charge in [-0.15, -0.1) is 0 Å². The Balaban J connectivity index is 2.37. The number of anilines is 1. The maximum atomic E-state index is 5.79. The Hall–Kier alpha value is -2.30. The summed E-state index contributed by atoms with van der Waals surface area (Å²) in [5.41, 5.74) is 2.27. The molecule has 0 aliphatic heterocycles. The molecule has 1 N–H and O–H groups in total. The number of ether oxygens (including phenoxy) is 2. The summed E-state index contributed by atoms with van der Waals surface area (Å²) in [5, 5.41) is 2.94. The molecule has 0 radical (unpaired) electrons. The smallest absolute Gasteiger partial charge is 0.268 e. The van der Waals surface area contributed by atoms with E-state index in [1.165, 1.54) is 6.33 Å². The summed E-state index contributed by atoms with van der Waals surface area (Å²) in [5.74, 6) is 2.21. The molecule has 0 bridgehead atoms. The molecular formula is C14H17N3O2. The van der Waals surface area contributed by atoms with Gasteiger partial charge in [0.05, 0.1) is 7.11 Å². The Bertz CT molecular complexity index is 565. The van der Waals surface area contributed by atoms with Gasteiger partial charge in [-0.2, -0.15) is 4.98 Å². The van der Waals surface area contributed by atoms with Crippen LogP contribution >= 0.6 is 0 Å². The van der Waals surface area contributed by atoms with E-state index in [0.29, 0.717) is 17.4 Å². The Kier molecular flexibility index (Phi) is 3.85. The standard InChI is InChI=1S/C14H17N3O2/c1-9-5-10(2)7-11(6-9)19-14-12(18-4)13(15-3)16-8-17-14/h5-8H,1-4H3,(H,15,16,17). The molecule has 1 aromatic carbocycles. The van der Waals surface area contributed by atoms with Gasteiger partial charge >= 0.3 is 0 Å². The van der Waals surface area contributed by atoms with Crippen LogP contribution in [0.3, 0.4) is 0 Å². The van der Waals surface area contributed by atoms with Gasteiger partial charge in [0.1, 0.15) is 12.1 Å². The van der Waals surface area contributed by atoms with E-state index in [9.17, 15) is 0 Å². The summed E-state index contributed by atoms with van der Waals surface area (Å²) in [6.45, 7) is 4.05. The quantitative estimate of drug-likeness (QED) is 0.914. The second-order valence-corrected chi connectivity index (χ2v) is 4.24. The lowest BCUT2D eigenvalue weighted by Gasteiger charge is -2.12. The van der Waals surface area contributed by atoms with Crippen molar-refractivity contribution >= 4 is 5.82 Å². The lowest BCUT2D eigenvalue weighted by atomic mass is 10.1. The van der Waals surface area contributed by atoms with Crippen molar-refractivity contribution in [2.75, 3.05) is 19.5 Å². The van der Waals surface area contributed by atoms with Gasteiger partial charge in [0.25, 0.3) is 5.88 Å². The number of aromatic nitrogens is 2. The molecule has 1 aromatic heterocycles. The third-order valence-corrected chi connectivity index (χ3v) is 2.62. The molecule has 0 amide bonds. The van der Waals surface area contributed by atoms with E-state index < -0.39 is 0 Å². The fourth-order valence-electron chi connectivity index (χ4n) is 1.90. The number of rotatable bonds is 4. The van der Waals surface area contributed by atoms with Crippen LogP contribution in [0.1, 0.15) is 11.1 Å². The van der Waals surface area contributed by atoms with Gasteiger partial charge in [0, 0.05) is 7.05 Å². The van der Waals surface area contributed by atoms with Gasteiger partial charge in [-0.05, 0) is 37.1 Å². The minimum Gasteiger partial charge on any atom is -0.489 e. The van der Waals surface area contributed by atoms with Gasteiger partial charge in [0.15, 0.2) is 5.82 Å². The monoisotopic (exact) mass is 259 g/mol. The van der Waals surface area contributed by atoms with E-state index in [4.69, 9.17) is 9.47 Å². The van der Waals surface area contributed by atoms with Crippen LogP contribution < -0.4 is 14.8 Å². The SMILES string of the molecule is CNc1ncnc(Oc2cc(C)cc(C)c2)c1OC. The predicted molar refractivity (Wildman–Crippen MR) is 74.1 cm³/mol. The van der Waals surface area contributed by atoms with E-state index >= 15 is 0 Å². The molecule has 0 fully saturated rings. The lowest BCUT2D eigenvalue weighted by Crippen LogP contribution is -2.01. The van der Waals surface area contributed by atoms with Crippen LogP contribution in [0.15, 0.2) is 24.5 Å². The Labute approximate surface area is 112 Å². The second kappa shape index (κ2) is 5.56. The largest absolute Gasteiger partial charge is 0.489 e. The first-order valence-electron chi connectivity index (χ1n) is 5.97. The Morgan fingerprint density at radius 3 is 2.32 bits per heavy atom. The predicted octanol–water partition coefficient (Wildman–Crippen LogP) is 2.94. The molecule has 0 spiro atoms. The van der Waals surface area contributed by atoms with Crippen LogP contribution in [-0.4, -0.2) is 24.1 Å². The van der Waals surface area contributed by atoms with Crippen LogP contribution in [0.25, 0.3) is 0 Å². The molecule has 2 rings (SSSR count). The third kappa shape index (κ3) is 2.93. The number of benzene rings is 1. The highest BCUT2D eigenvalue weighted by Gasteiger charge is 2.13. The topological polar surface area (TPSA) is 56.3 Å². The molecule has 1 heterocycles. The number of hydrogen-bond acceptors (Lipinski definition) is 5. The normalized spacial score (nSPS) is 10.1.